The van der Waals surface area contributed by atoms with E-state index >= 15 is 0 Å². The summed E-state index contributed by atoms with van der Waals surface area (Å²) >= 11 is 0. The molecule has 2 saturated heterocycles. The predicted octanol–water partition coefficient (Wildman–Crippen LogP) is 4.25. The van der Waals surface area contributed by atoms with Crippen LogP contribution in [0.15, 0.2) is 29.2 Å². The van der Waals surface area contributed by atoms with Crippen LogP contribution < -0.4 is 0 Å². The van der Waals surface area contributed by atoms with E-state index in [9.17, 15) is 8.42 Å². The number of hydrogen-bond donors (Lipinski definition) is 0. The van der Waals surface area contributed by atoms with Crippen LogP contribution in [0.1, 0.15) is 46.1 Å². The first kappa shape index (κ1) is 24.9. The molecule has 0 N–H and O–H groups in total. The number of aryl methyl sites for hydroxylation is 1. The summed E-state index contributed by atoms with van der Waals surface area (Å²) in [5.41, 5.74) is 0.203. The standard InChI is InChI=1S/C22H38BNO5SSi/c1-17-9-11-19(12-10-17)30(25,26)24-15-13-18(14-16-24)20(27-31(6,7)8)23-28-21(2,3)22(4,5)29-23/h9-12,18,20H,13-16H2,1-8H3/t20-/m1/s1. The van der Waals surface area contributed by atoms with E-state index in [0.29, 0.717) is 18.0 Å². The first-order valence-electron chi connectivity index (χ1n) is 11.2. The zero-order chi connectivity index (χ0) is 23.2. The highest BCUT2D eigenvalue weighted by molar-refractivity contribution is 7.89. The summed E-state index contributed by atoms with van der Waals surface area (Å²) in [6, 6.07) is 6.87. The van der Waals surface area contributed by atoms with Crippen molar-refractivity contribution in [2.24, 2.45) is 5.92 Å². The van der Waals surface area contributed by atoms with Crippen LogP contribution in [0.4, 0.5) is 0 Å². The lowest BCUT2D eigenvalue weighted by atomic mass is 9.70. The van der Waals surface area contributed by atoms with Gasteiger partial charge >= 0.3 is 7.12 Å². The Bertz CT molecular complexity index is 858. The summed E-state index contributed by atoms with van der Waals surface area (Å²) in [4.78, 5) is 0.359. The Hall–Kier alpha value is -0.708. The van der Waals surface area contributed by atoms with Crippen LogP contribution in [0.5, 0.6) is 0 Å². The summed E-state index contributed by atoms with van der Waals surface area (Å²) in [6.45, 7) is 17.6. The second-order valence-corrected chi connectivity index (χ2v) is 17.3. The van der Waals surface area contributed by atoms with Crippen LogP contribution in [-0.4, -0.2) is 58.5 Å². The van der Waals surface area contributed by atoms with E-state index < -0.39 is 36.7 Å². The van der Waals surface area contributed by atoms with Crippen molar-refractivity contribution >= 4 is 25.5 Å². The van der Waals surface area contributed by atoms with Gasteiger partial charge in [0.1, 0.15) is 0 Å². The molecule has 0 spiro atoms. The zero-order valence-electron chi connectivity index (χ0n) is 20.3. The van der Waals surface area contributed by atoms with Crippen molar-refractivity contribution in [1.29, 1.82) is 0 Å². The molecule has 2 fully saturated rings. The van der Waals surface area contributed by atoms with Crippen LogP contribution in [0.3, 0.4) is 0 Å². The average molecular weight is 468 g/mol. The highest BCUT2D eigenvalue weighted by atomic mass is 32.2. The normalized spacial score (nSPS) is 23.8. The van der Waals surface area contributed by atoms with Crippen molar-refractivity contribution in [3.05, 3.63) is 29.8 Å². The van der Waals surface area contributed by atoms with Crippen LogP contribution in [-0.2, 0) is 23.8 Å². The molecule has 3 rings (SSSR count). The van der Waals surface area contributed by atoms with Gasteiger partial charge in [-0.15, -0.1) is 0 Å². The van der Waals surface area contributed by atoms with Crippen molar-refractivity contribution in [2.45, 2.75) is 89.2 Å². The average Bonchev–Trinajstić information content (AvgIpc) is 2.87. The van der Waals surface area contributed by atoms with E-state index in [0.717, 1.165) is 18.4 Å². The summed E-state index contributed by atoms with van der Waals surface area (Å²) in [7, 11) is -5.79. The highest BCUT2D eigenvalue weighted by Crippen LogP contribution is 2.41. The van der Waals surface area contributed by atoms with E-state index in [1.54, 1.807) is 16.4 Å². The van der Waals surface area contributed by atoms with E-state index in [-0.39, 0.29) is 11.9 Å². The number of hydrogen-bond acceptors (Lipinski definition) is 5. The number of rotatable bonds is 6. The third-order valence-corrected chi connectivity index (χ3v) is 9.54. The van der Waals surface area contributed by atoms with Gasteiger partial charge in [-0.25, -0.2) is 8.42 Å². The Morgan fingerprint density at radius 1 is 1.03 bits per heavy atom. The molecule has 1 aromatic rings. The van der Waals surface area contributed by atoms with Crippen LogP contribution in [0.25, 0.3) is 0 Å². The Morgan fingerprint density at radius 2 is 1.52 bits per heavy atom. The third kappa shape index (κ3) is 5.45. The maximum atomic E-state index is 13.1. The molecule has 0 saturated carbocycles. The highest BCUT2D eigenvalue weighted by Gasteiger charge is 2.56. The van der Waals surface area contributed by atoms with Gasteiger partial charge in [-0.3, -0.25) is 0 Å². The Morgan fingerprint density at radius 3 is 1.97 bits per heavy atom. The second kappa shape index (κ2) is 8.57. The first-order chi connectivity index (χ1) is 14.1. The maximum Gasteiger partial charge on any atom is 0.487 e. The van der Waals surface area contributed by atoms with Gasteiger partial charge in [0.25, 0.3) is 0 Å². The molecule has 9 heteroatoms. The monoisotopic (exact) mass is 467 g/mol. The van der Waals surface area contributed by atoms with Crippen molar-refractivity contribution in [2.75, 3.05) is 13.1 Å². The third-order valence-electron chi connectivity index (χ3n) is 6.65. The van der Waals surface area contributed by atoms with Gasteiger partial charge in [0, 0.05) is 13.1 Å². The van der Waals surface area contributed by atoms with Crippen LogP contribution >= 0.6 is 0 Å². The molecular weight excluding hydrogens is 429 g/mol. The molecule has 6 nitrogen and oxygen atoms in total. The summed E-state index contributed by atoms with van der Waals surface area (Å²) in [6.07, 6.45) is 1.45. The van der Waals surface area contributed by atoms with E-state index in [1.807, 2.05) is 19.1 Å². The van der Waals surface area contributed by atoms with E-state index in [2.05, 4.69) is 47.3 Å². The summed E-state index contributed by atoms with van der Waals surface area (Å²) in [5, 5.41) is 0. The van der Waals surface area contributed by atoms with Crippen molar-refractivity contribution in [3.63, 3.8) is 0 Å². The number of piperidine rings is 1. The largest absolute Gasteiger partial charge is 0.487 e. The van der Waals surface area contributed by atoms with Gasteiger partial charge in [-0.05, 0) is 85.2 Å². The fourth-order valence-electron chi connectivity index (χ4n) is 4.11. The molecule has 0 bridgehead atoms. The maximum absolute atomic E-state index is 13.1. The zero-order valence-corrected chi connectivity index (χ0v) is 22.1. The molecule has 2 heterocycles. The van der Waals surface area contributed by atoms with Gasteiger partial charge in [0.05, 0.1) is 22.1 Å². The van der Waals surface area contributed by atoms with E-state index in [1.165, 1.54) is 0 Å². The quantitative estimate of drug-likeness (QED) is 0.586. The lowest BCUT2D eigenvalue weighted by Crippen LogP contribution is -2.51. The molecule has 0 aromatic heterocycles. The van der Waals surface area contributed by atoms with Crippen molar-refractivity contribution < 1.29 is 22.2 Å². The topological polar surface area (TPSA) is 65.1 Å². The minimum absolute atomic E-state index is 0.186. The van der Waals surface area contributed by atoms with Gasteiger partial charge in [-0.1, -0.05) is 17.7 Å². The van der Waals surface area contributed by atoms with Crippen LogP contribution in [0.2, 0.25) is 19.6 Å². The molecule has 0 unspecified atom stereocenters. The van der Waals surface area contributed by atoms with Gasteiger partial charge in [-0.2, -0.15) is 4.31 Å². The fourth-order valence-corrected chi connectivity index (χ4v) is 6.70. The number of nitrogens with zero attached hydrogens (tertiary/aromatic N) is 1. The Balaban J connectivity index is 1.74. The predicted molar refractivity (Wildman–Crippen MR) is 127 cm³/mol. The molecule has 0 amide bonds. The molecule has 0 radical (unpaired) electrons. The number of sulfonamides is 1. The second-order valence-electron chi connectivity index (χ2n) is 10.9. The van der Waals surface area contributed by atoms with Gasteiger partial charge in [0.2, 0.25) is 10.0 Å². The number of benzene rings is 1. The Labute approximate surface area is 190 Å². The first-order valence-corrected chi connectivity index (χ1v) is 16.1. The smallest absolute Gasteiger partial charge is 0.416 e. The van der Waals surface area contributed by atoms with Crippen LogP contribution in [0, 0.1) is 12.8 Å². The summed E-state index contributed by atoms with van der Waals surface area (Å²) < 4.78 is 47.0. The summed E-state index contributed by atoms with van der Waals surface area (Å²) in [5.74, 6) is 0.186. The SMILES string of the molecule is Cc1ccc(S(=O)(=O)N2CCC([C@@H](O[Si](C)(C)C)B3OC(C)(C)C(C)(C)O3)CC2)cc1. The van der Waals surface area contributed by atoms with E-state index in [4.69, 9.17) is 13.7 Å². The molecule has 1 atom stereocenters. The van der Waals surface area contributed by atoms with Gasteiger partial charge < -0.3 is 13.7 Å². The molecule has 174 valence electrons. The van der Waals surface area contributed by atoms with Crippen molar-refractivity contribution in [1.82, 2.24) is 4.31 Å². The Kier molecular flexibility index (Phi) is 6.89. The molecule has 2 aliphatic rings. The molecule has 1 aromatic carbocycles. The lowest BCUT2D eigenvalue weighted by molar-refractivity contribution is 0.00578. The molecule has 2 aliphatic heterocycles. The minimum Gasteiger partial charge on any atom is -0.416 e. The van der Waals surface area contributed by atoms with Gasteiger partial charge in [0.15, 0.2) is 8.32 Å². The fraction of sp³-hybridized carbons (Fsp3) is 0.727. The molecular formula is C22H38BNO5SSi. The minimum atomic E-state index is -3.48. The van der Waals surface area contributed by atoms with Crippen molar-refractivity contribution in [3.8, 4) is 0 Å². The molecule has 31 heavy (non-hydrogen) atoms. The lowest BCUT2D eigenvalue weighted by Gasteiger charge is -2.38. The molecule has 0 aliphatic carbocycles.